The van der Waals surface area contributed by atoms with Crippen molar-refractivity contribution in [2.45, 2.75) is 89.3 Å². The average molecular weight is 541 g/mol. The Morgan fingerprint density at radius 3 is 2.42 bits per heavy atom. The first kappa shape index (κ1) is 27.3. The number of nitrogens with zero attached hydrogens (tertiary/aromatic N) is 4. The zero-order valence-electron chi connectivity index (χ0n) is 22.1. The van der Waals surface area contributed by atoms with E-state index in [9.17, 15) is 8.78 Å². The van der Waals surface area contributed by atoms with Gasteiger partial charge in [-0.2, -0.15) is 4.98 Å². The van der Waals surface area contributed by atoms with E-state index in [2.05, 4.69) is 48.8 Å². The molecule has 1 unspecified atom stereocenters. The number of rotatable bonds is 6. The zero-order valence-corrected chi connectivity index (χ0v) is 23.8. The molecule has 1 aliphatic carbocycles. The molecule has 1 saturated carbocycles. The van der Waals surface area contributed by atoms with Crippen molar-refractivity contribution in [1.29, 1.82) is 0 Å². The molecule has 7 nitrogen and oxygen atoms in total. The summed E-state index contributed by atoms with van der Waals surface area (Å²) in [7, 11) is -0.445. The van der Waals surface area contributed by atoms with E-state index in [1.54, 1.807) is 6.07 Å². The fourth-order valence-electron chi connectivity index (χ4n) is 4.84. The quantitative estimate of drug-likeness (QED) is 0.422. The van der Waals surface area contributed by atoms with E-state index in [4.69, 9.17) is 25.5 Å². The molecule has 1 aliphatic heterocycles. The molecular weight excluding hydrogens is 506 g/mol. The first-order valence-electron chi connectivity index (χ1n) is 12.2. The first-order chi connectivity index (χ1) is 16.6. The number of fused-ring (bicyclic) bond motifs is 1. The van der Waals surface area contributed by atoms with Crippen LogP contribution in [0.4, 0.5) is 14.7 Å². The molecule has 2 aromatic rings. The predicted molar refractivity (Wildman–Crippen MR) is 136 cm³/mol. The molecule has 0 radical (unpaired) electrons. The smallest absolute Gasteiger partial charge is 0.229 e. The molecule has 0 amide bonds. The van der Waals surface area contributed by atoms with Crippen molar-refractivity contribution < 1.29 is 22.7 Å². The molecule has 11 heteroatoms. The number of ether oxygens (including phenoxy) is 2. The lowest BCUT2D eigenvalue weighted by atomic mass is 9.92. The summed E-state index contributed by atoms with van der Waals surface area (Å²) in [5.74, 6) is -2.38. The van der Waals surface area contributed by atoms with Crippen molar-refractivity contribution >= 4 is 25.9 Å². The van der Waals surface area contributed by atoms with Crippen LogP contribution in [0.2, 0.25) is 23.4 Å². The predicted octanol–water partition coefficient (Wildman–Crippen LogP) is 5.91. The van der Waals surface area contributed by atoms with Gasteiger partial charge in [0.25, 0.3) is 0 Å². The van der Waals surface area contributed by atoms with Crippen LogP contribution in [0.25, 0.3) is 0 Å². The van der Waals surface area contributed by atoms with Gasteiger partial charge in [0.2, 0.25) is 11.2 Å². The van der Waals surface area contributed by atoms with E-state index in [1.165, 1.54) is 12.4 Å². The van der Waals surface area contributed by atoms with Crippen LogP contribution in [0.5, 0.6) is 0 Å². The first-order valence-corrected chi connectivity index (χ1v) is 15.4. The third kappa shape index (κ3) is 5.29. The Kier molecular flexibility index (Phi) is 7.24. The molecule has 0 bridgehead atoms. The van der Waals surface area contributed by atoms with E-state index >= 15 is 0 Å². The fourth-order valence-corrected chi connectivity index (χ4v) is 6.26. The molecule has 2 heterocycles. The van der Waals surface area contributed by atoms with Crippen molar-refractivity contribution in [3.05, 3.63) is 47.0 Å². The van der Waals surface area contributed by atoms with Gasteiger partial charge in [-0.3, -0.25) is 0 Å². The largest absolute Gasteiger partial charge is 0.410 e. The van der Waals surface area contributed by atoms with Crippen molar-refractivity contribution in [2.75, 3.05) is 11.9 Å². The van der Waals surface area contributed by atoms with Crippen LogP contribution in [0, 0.1) is 17.6 Å². The molecule has 4 rings (SSSR count). The SMILES string of the molecule is CN(c1ncnc(Cl)n1)[C@@H]1C[C@H](C(O[Si](C)(C)C(C)(C)C)c2ccc(F)c(F)c2)[C@H]2OC(C)(C)O[C@H]21. The van der Waals surface area contributed by atoms with Gasteiger partial charge < -0.3 is 18.8 Å². The number of aromatic nitrogens is 3. The van der Waals surface area contributed by atoms with Gasteiger partial charge in [0.15, 0.2) is 25.7 Å². The highest BCUT2D eigenvalue weighted by Gasteiger charge is 2.58. The Balaban J connectivity index is 1.76. The number of anilines is 1. The molecule has 0 spiro atoms. The molecule has 0 N–H and O–H groups in total. The fraction of sp³-hybridized carbons (Fsp3) is 0.640. The number of benzene rings is 1. The van der Waals surface area contributed by atoms with Crippen LogP contribution in [-0.2, 0) is 13.9 Å². The Hall–Kier alpha value is -1.72. The lowest BCUT2D eigenvalue weighted by Crippen LogP contribution is -2.44. The third-order valence-corrected chi connectivity index (χ3v) is 12.3. The lowest BCUT2D eigenvalue weighted by Gasteiger charge is -2.42. The van der Waals surface area contributed by atoms with Gasteiger partial charge in [0, 0.05) is 13.0 Å². The minimum Gasteiger partial charge on any atom is -0.410 e. The van der Waals surface area contributed by atoms with E-state index in [0.717, 1.165) is 6.07 Å². The summed E-state index contributed by atoms with van der Waals surface area (Å²) in [6, 6.07) is 3.84. The second-order valence-corrected chi connectivity index (χ2v) is 16.8. The number of hydrogen-bond acceptors (Lipinski definition) is 7. The van der Waals surface area contributed by atoms with Crippen LogP contribution in [0.15, 0.2) is 24.5 Å². The van der Waals surface area contributed by atoms with Crippen LogP contribution in [-0.4, -0.2) is 54.4 Å². The van der Waals surface area contributed by atoms with Gasteiger partial charge in [0.1, 0.15) is 12.4 Å². The normalized spacial score (nSPS) is 26.6. The van der Waals surface area contributed by atoms with Crippen molar-refractivity contribution in [1.82, 2.24) is 15.0 Å². The highest BCUT2D eigenvalue weighted by molar-refractivity contribution is 6.74. The molecule has 2 fully saturated rings. The minimum absolute atomic E-state index is 0.0913. The van der Waals surface area contributed by atoms with E-state index in [-0.39, 0.29) is 34.5 Å². The Bertz CT molecular complexity index is 1120. The summed E-state index contributed by atoms with van der Waals surface area (Å²) in [5, 5.41) is 0.00849. The molecule has 1 saturated heterocycles. The molecule has 2 aliphatic rings. The summed E-state index contributed by atoms with van der Waals surface area (Å²) >= 11 is 6.03. The Morgan fingerprint density at radius 1 is 1.14 bits per heavy atom. The van der Waals surface area contributed by atoms with Crippen LogP contribution >= 0.6 is 11.6 Å². The summed E-state index contributed by atoms with van der Waals surface area (Å²) in [6.07, 6.45) is 0.787. The molecule has 1 aromatic heterocycles. The monoisotopic (exact) mass is 540 g/mol. The van der Waals surface area contributed by atoms with E-state index in [1.807, 2.05) is 25.8 Å². The minimum atomic E-state index is -2.33. The van der Waals surface area contributed by atoms with Gasteiger partial charge in [-0.25, -0.2) is 18.7 Å². The molecule has 198 valence electrons. The second kappa shape index (κ2) is 9.54. The Morgan fingerprint density at radius 2 is 1.81 bits per heavy atom. The van der Waals surface area contributed by atoms with E-state index < -0.39 is 31.8 Å². The molecule has 5 atom stereocenters. The summed E-state index contributed by atoms with van der Waals surface area (Å²) in [4.78, 5) is 14.3. The van der Waals surface area contributed by atoms with Crippen LogP contribution < -0.4 is 4.90 Å². The van der Waals surface area contributed by atoms with Gasteiger partial charge in [-0.05, 0) is 67.7 Å². The zero-order chi connectivity index (χ0) is 26.6. The van der Waals surface area contributed by atoms with Crippen molar-refractivity contribution in [3.8, 4) is 0 Å². The maximum atomic E-state index is 14.4. The topological polar surface area (TPSA) is 69.6 Å². The number of hydrogen-bond donors (Lipinski definition) is 0. The maximum absolute atomic E-state index is 14.4. The summed E-state index contributed by atoms with van der Waals surface area (Å²) in [5.41, 5.74) is 0.585. The second-order valence-electron chi connectivity index (χ2n) is 11.7. The molecular formula is C25H35ClF2N4O3Si. The third-order valence-electron chi connectivity index (χ3n) is 7.71. The van der Waals surface area contributed by atoms with E-state index in [0.29, 0.717) is 17.9 Å². The molecule has 36 heavy (non-hydrogen) atoms. The van der Waals surface area contributed by atoms with Crippen molar-refractivity contribution in [2.24, 2.45) is 5.92 Å². The summed E-state index contributed by atoms with van der Waals surface area (Å²) < 4.78 is 48.0. The highest BCUT2D eigenvalue weighted by atomic mass is 35.5. The van der Waals surface area contributed by atoms with Gasteiger partial charge in [-0.1, -0.05) is 26.8 Å². The van der Waals surface area contributed by atoms with Gasteiger partial charge in [-0.15, -0.1) is 0 Å². The lowest BCUT2D eigenvalue weighted by molar-refractivity contribution is -0.162. The van der Waals surface area contributed by atoms with Gasteiger partial charge in [0.05, 0.1) is 18.2 Å². The maximum Gasteiger partial charge on any atom is 0.229 e. The van der Waals surface area contributed by atoms with Crippen LogP contribution in [0.3, 0.4) is 0 Å². The summed E-state index contributed by atoms with van der Waals surface area (Å²) in [6.45, 7) is 14.5. The standard InChI is InChI=1S/C25H35ClF2N4O3Si/c1-24(2,3)36(7,8)35-19(14-9-10-16(27)17(28)11-14)15-12-18(21-20(15)33-25(4,5)34-21)32(6)23-30-13-29-22(26)31-23/h9-11,13,15,18-21H,12H2,1-8H3/t15-,18-,19?,20-,21+/m1/s1. The average Bonchev–Trinajstić information content (AvgIpc) is 3.25. The Labute approximate surface area is 217 Å². The molecule has 1 aromatic carbocycles. The number of likely N-dealkylation sites (N-methyl/N-ethyl adjacent to an activating group) is 1. The van der Waals surface area contributed by atoms with Crippen LogP contribution in [0.1, 0.15) is 52.7 Å². The highest BCUT2D eigenvalue weighted by Crippen LogP contribution is 2.51. The van der Waals surface area contributed by atoms with Gasteiger partial charge >= 0.3 is 0 Å². The number of halogens is 3. The van der Waals surface area contributed by atoms with Crippen molar-refractivity contribution in [3.63, 3.8) is 0 Å².